The molecule has 2 atom stereocenters. The first-order valence-corrected chi connectivity index (χ1v) is 11.8. The lowest BCUT2D eigenvalue weighted by Gasteiger charge is -2.41. The SMILES string of the molecule is CCC(=O)N1CCC2CCCC(CN(C(=O)c3ccc(C)nc3)Cc3ccccc31)N2C. The molecule has 2 aliphatic heterocycles. The molecule has 2 aromatic rings. The van der Waals surface area contributed by atoms with Crippen molar-refractivity contribution in [2.75, 3.05) is 25.0 Å². The normalized spacial score (nSPS) is 22.1. The van der Waals surface area contributed by atoms with Gasteiger partial charge < -0.3 is 9.80 Å². The number of aryl methyl sites for hydroxylation is 1. The van der Waals surface area contributed by atoms with Crippen LogP contribution in [0.1, 0.15) is 60.6 Å². The van der Waals surface area contributed by atoms with Crippen molar-refractivity contribution >= 4 is 17.5 Å². The van der Waals surface area contributed by atoms with Gasteiger partial charge in [0.25, 0.3) is 5.91 Å². The van der Waals surface area contributed by atoms with Crippen LogP contribution in [0, 0.1) is 6.92 Å². The predicted molar refractivity (Wildman–Crippen MR) is 127 cm³/mol. The Morgan fingerprint density at radius 3 is 2.59 bits per heavy atom. The summed E-state index contributed by atoms with van der Waals surface area (Å²) in [6.07, 6.45) is 6.47. The maximum absolute atomic E-state index is 13.6. The Bertz CT molecular complexity index is 959. The van der Waals surface area contributed by atoms with Crippen LogP contribution >= 0.6 is 0 Å². The van der Waals surface area contributed by atoms with E-state index in [0.29, 0.717) is 43.7 Å². The van der Waals surface area contributed by atoms with E-state index in [0.717, 1.165) is 42.6 Å². The van der Waals surface area contributed by atoms with Crippen molar-refractivity contribution in [3.8, 4) is 0 Å². The number of rotatable bonds is 2. The quantitative estimate of drug-likeness (QED) is 0.716. The standard InChI is InChI=1S/C26H34N4O2/c1-4-25(31)30-15-14-22-9-7-10-23(28(22)3)18-29(17-21-8-5-6-11-24(21)30)26(32)20-13-12-19(2)27-16-20/h5-6,8,11-13,16,22-23H,4,7,9-10,14-15,17-18H2,1-3H3. The van der Waals surface area contributed by atoms with E-state index in [9.17, 15) is 9.59 Å². The Hall–Kier alpha value is -2.73. The number of likely N-dealkylation sites (N-methyl/N-ethyl adjacent to an activating group) is 1. The zero-order chi connectivity index (χ0) is 22.7. The van der Waals surface area contributed by atoms with Crippen LogP contribution in [0.25, 0.3) is 0 Å². The summed E-state index contributed by atoms with van der Waals surface area (Å²) in [6, 6.07) is 12.5. The minimum absolute atomic E-state index is 0.00422. The second-order valence-corrected chi connectivity index (χ2v) is 9.09. The predicted octanol–water partition coefficient (Wildman–Crippen LogP) is 4.03. The van der Waals surface area contributed by atoms with Crippen LogP contribution in [0.15, 0.2) is 42.6 Å². The van der Waals surface area contributed by atoms with Crippen molar-refractivity contribution in [2.24, 2.45) is 0 Å². The molecule has 0 N–H and O–H groups in total. The zero-order valence-corrected chi connectivity index (χ0v) is 19.5. The number of aromatic nitrogens is 1. The summed E-state index contributed by atoms with van der Waals surface area (Å²) in [5.74, 6) is 0.128. The number of para-hydroxylation sites is 1. The average Bonchev–Trinajstić information content (AvgIpc) is 2.82. The fourth-order valence-electron chi connectivity index (χ4n) is 5.08. The summed E-state index contributed by atoms with van der Waals surface area (Å²) in [7, 11) is 2.18. The van der Waals surface area contributed by atoms with E-state index < -0.39 is 0 Å². The third-order valence-corrected chi connectivity index (χ3v) is 7.04. The van der Waals surface area contributed by atoms with Crippen molar-refractivity contribution < 1.29 is 9.59 Å². The number of benzene rings is 1. The number of piperidine rings is 1. The zero-order valence-electron chi connectivity index (χ0n) is 19.5. The fraction of sp³-hybridized carbons (Fsp3) is 0.500. The Morgan fingerprint density at radius 2 is 1.84 bits per heavy atom. The first kappa shape index (κ1) is 22.5. The summed E-state index contributed by atoms with van der Waals surface area (Å²) in [6.45, 7) is 5.70. The molecule has 2 unspecified atom stereocenters. The Kier molecular flexibility index (Phi) is 6.89. The van der Waals surface area contributed by atoms with Crippen molar-refractivity contribution in [2.45, 2.75) is 64.6 Å². The number of fused-ring (bicyclic) bond motifs is 3. The lowest BCUT2D eigenvalue weighted by molar-refractivity contribution is -0.118. The molecule has 6 nitrogen and oxygen atoms in total. The summed E-state index contributed by atoms with van der Waals surface area (Å²) in [5.41, 5.74) is 3.45. The molecule has 32 heavy (non-hydrogen) atoms. The monoisotopic (exact) mass is 434 g/mol. The molecule has 4 rings (SSSR count). The Balaban J connectivity index is 1.75. The van der Waals surface area contributed by atoms with Crippen LogP contribution in [-0.2, 0) is 11.3 Å². The molecular formula is C26H34N4O2. The number of amides is 2. The molecule has 2 amide bonds. The number of carbonyl (C=O) groups excluding carboxylic acids is 2. The third-order valence-electron chi connectivity index (χ3n) is 7.04. The molecule has 1 aromatic heterocycles. The van der Waals surface area contributed by atoms with Crippen LogP contribution < -0.4 is 4.90 Å². The minimum Gasteiger partial charge on any atom is -0.333 e. The van der Waals surface area contributed by atoms with E-state index >= 15 is 0 Å². The second-order valence-electron chi connectivity index (χ2n) is 9.09. The van der Waals surface area contributed by atoms with Gasteiger partial charge in [0, 0.05) is 55.7 Å². The molecule has 2 bridgehead atoms. The highest BCUT2D eigenvalue weighted by Crippen LogP contribution is 2.30. The molecule has 0 aliphatic carbocycles. The van der Waals surface area contributed by atoms with E-state index in [2.05, 4.69) is 16.9 Å². The second kappa shape index (κ2) is 9.82. The van der Waals surface area contributed by atoms with Crippen LogP contribution in [0.3, 0.4) is 0 Å². The number of carbonyl (C=O) groups is 2. The van der Waals surface area contributed by atoms with Crippen LogP contribution in [0.2, 0.25) is 0 Å². The molecule has 3 heterocycles. The first-order chi connectivity index (χ1) is 15.5. The molecule has 0 spiro atoms. The number of hydrogen-bond donors (Lipinski definition) is 0. The van der Waals surface area contributed by atoms with Crippen molar-refractivity contribution in [3.63, 3.8) is 0 Å². The van der Waals surface area contributed by atoms with Gasteiger partial charge in [0.2, 0.25) is 5.91 Å². The summed E-state index contributed by atoms with van der Waals surface area (Å²) in [5, 5.41) is 0. The van der Waals surface area contributed by atoms with Crippen LogP contribution in [-0.4, -0.2) is 58.8 Å². The van der Waals surface area contributed by atoms with E-state index in [4.69, 9.17) is 0 Å². The average molecular weight is 435 g/mol. The van der Waals surface area contributed by atoms with E-state index in [1.165, 1.54) is 0 Å². The molecule has 0 radical (unpaired) electrons. The largest absolute Gasteiger partial charge is 0.333 e. The number of anilines is 1. The van der Waals surface area contributed by atoms with Gasteiger partial charge in [-0.3, -0.25) is 19.5 Å². The van der Waals surface area contributed by atoms with Crippen molar-refractivity contribution in [1.29, 1.82) is 0 Å². The lowest BCUT2D eigenvalue weighted by atomic mass is 9.93. The van der Waals surface area contributed by atoms with Crippen LogP contribution in [0.4, 0.5) is 5.69 Å². The highest BCUT2D eigenvalue weighted by atomic mass is 16.2. The molecule has 170 valence electrons. The van der Waals surface area contributed by atoms with E-state index in [-0.39, 0.29) is 11.8 Å². The highest BCUT2D eigenvalue weighted by Gasteiger charge is 2.33. The van der Waals surface area contributed by atoms with Gasteiger partial charge in [0.1, 0.15) is 0 Å². The Morgan fingerprint density at radius 1 is 1.06 bits per heavy atom. The van der Waals surface area contributed by atoms with Crippen molar-refractivity contribution in [3.05, 3.63) is 59.4 Å². The van der Waals surface area contributed by atoms with Gasteiger partial charge in [-0.2, -0.15) is 0 Å². The van der Waals surface area contributed by atoms with Gasteiger partial charge in [-0.05, 0) is 57.0 Å². The van der Waals surface area contributed by atoms with E-state index in [1.807, 2.05) is 60.0 Å². The number of pyridine rings is 1. The summed E-state index contributed by atoms with van der Waals surface area (Å²) < 4.78 is 0. The molecule has 1 aromatic carbocycles. The molecule has 2 aliphatic rings. The number of hydrogen-bond acceptors (Lipinski definition) is 4. The van der Waals surface area contributed by atoms with Gasteiger partial charge in [0.15, 0.2) is 0 Å². The molecule has 0 saturated carbocycles. The van der Waals surface area contributed by atoms with Gasteiger partial charge in [-0.15, -0.1) is 0 Å². The maximum Gasteiger partial charge on any atom is 0.255 e. The first-order valence-electron chi connectivity index (χ1n) is 11.8. The number of nitrogens with zero attached hydrogens (tertiary/aromatic N) is 4. The van der Waals surface area contributed by atoms with Gasteiger partial charge in [-0.1, -0.05) is 31.5 Å². The Labute approximate surface area is 191 Å². The molecular weight excluding hydrogens is 400 g/mol. The molecule has 1 saturated heterocycles. The lowest BCUT2D eigenvalue weighted by Crippen LogP contribution is -2.50. The fourth-order valence-corrected chi connectivity index (χ4v) is 5.08. The third kappa shape index (κ3) is 4.70. The van der Waals surface area contributed by atoms with Crippen molar-refractivity contribution in [1.82, 2.24) is 14.8 Å². The van der Waals surface area contributed by atoms with Gasteiger partial charge in [0.05, 0.1) is 5.56 Å². The summed E-state index contributed by atoms with van der Waals surface area (Å²) >= 11 is 0. The molecule has 1 fully saturated rings. The van der Waals surface area contributed by atoms with Gasteiger partial charge >= 0.3 is 0 Å². The highest BCUT2D eigenvalue weighted by molar-refractivity contribution is 5.95. The minimum atomic E-state index is -0.00422. The summed E-state index contributed by atoms with van der Waals surface area (Å²) in [4.78, 5) is 37.2. The smallest absolute Gasteiger partial charge is 0.255 e. The van der Waals surface area contributed by atoms with Gasteiger partial charge in [-0.25, -0.2) is 0 Å². The molecule has 6 heteroatoms. The maximum atomic E-state index is 13.6. The topological polar surface area (TPSA) is 56.8 Å². The van der Waals surface area contributed by atoms with E-state index in [1.54, 1.807) is 6.20 Å². The van der Waals surface area contributed by atoms with Crippen LogP contribution in [0.5, 0.6) is 0 Å².